The fourth-order valence-electron chi connectivity index (χ4n) is 6.41. The van der Waals surface area contributed by atoms with Crippen LogP contribution in [-0.4, -0.2) is 37.2 Å². The molecule has 0 aliphatic carbocycles. The lowest BCUT2D eigenvalue weighted by Crippen LogP contribution is -2.30. The molecule has 68 heavy (non-hydrogen) atoms. The van der Waals surface area contributed by atoms with Crippen molar-refractivity contribution in [2.24, 2.45) is 0 Å². The number of carbonyl (C=O) groups excluding carboxylic acids is 3. The van der Waals surface area contributed by atoms with Gasteiger partial charge in [0.05, 0.1) is 0 Å². The molecule has 6 nitrogen and oxygen atoms in total. The summed E-state index contributed by atoms with van der Waals surface area (Å²) in [6.07, 6.45) is 79.6. The summed E-state index contributed by atoms with van der Waals surface area (Å²) in [5.74, 6) is -1.08. The van der Waals surface area contributed by atoms with Gasteiger partial charge in [0, 0.05) is 19.3 Å². The minimum absolute atomic E-state index is 0.130. The summed E-state index contributed by atoms with van der Waals surface area (Å²) >= 11 is 0. The Morgan fingerprint density at radius 2 is 0.559 bits per heavy atom. The molecule has 0 saturated heterocycles. The molecule has 0 aromatic heterocycles. The SMILES string of the molecule is CC/C=C\C/C=C\C/C=C\C/C=C\C/C=C\C/C=C\CCC(=O)OCC(COC(=O)CCCCCCC/C=C\C/C=C\CC)OC(=O)CCCCC/C=C\C/C=C\C/C=C\C/C=C\C/C=C\CC. The van der Waals surface area contributed by atoms with Crippen molar-refractivity contribution in [1.29, 1.82) is 0 Å². The van der Waals surface area contributed by atoms with Gasteiger partial charge in [0.15, 0.2) is 6.10 Å². The van der Waals surface area contributed by atoms with Gasteiger partial charge in [-0.25, -0.2) is 0 Å². The smallest absolute Gasteiger partial charge is 0.306 e. The van der Waals surface area contributed by atoms with E-state index in [0.29, 0.717) is 19.3 Å². The summed E-state index contributed by atoms with van der Waals surface area (Å²) < 4.78 is 16.7. The van der Waals surface area contributed by atoms with Crippen LogP contribution in [0.25, 0.3) is 0 Å². The summed E-state index contributed by atoms with van der Waals surface area (Å²) in [6.45, 7) is 6.16. The third-order valence-corrected chi connectivity index (χ3v) is 10.3. The van der Waals surface area contributed by atoms with Crippen LogP contribution in [0.5, 0.6) is 0 Å². The second-order valence-electron chi connectivity index (χ2n) is 16.6. The monoisotopic (exact) mass is 935 g/mol. The van der Waals surface area contributed by atoms with Gasteiger partial charge in [0.1, 0.15) is 13.2 Å². The van der Waals surface area contributed by atoms with E-state index < -0.39 is 6.10 Å². The average molecular weight is 935 g/mol. The van der Waals surface area contributed by atoms with Gasteiger partial charge in [0.25, 0.3) is 0 Å². The number of rotatable bonds is 45. The fourth-order valence-corrected chi connectivity index (χ4v) is 6.41. The molecule has 0 spiro atoms. The lowest BCUT2D eigenvalue weighted by molar-refractivity contribution is -0.166. The Labute approximate surface area is 416 Å². The Bertz CT molecular complexity index is 1590. The van der Waals surface area contributed by atoms with Gasteiger partial charge >= 0.3 is 17.9 Å². The second-order valence-corrected chi connectivity index (χ2v) is 16.6. The lowest BCUT2D eigenvalue weighted by atomic mass is 10.1. The van der Waals surface area contributed by atoms with E-state index in [9.17, 15) is 14.4 Å². The molecule has 6 heteroatoms. The zero-order chi connectivity index (χ0) is 49.3. The zero-order valence-electron chi connectivity index (χ0n) is 43.0. The quantitative estimate of drug-likeness (QED) is 0.0262. The molecule has 0 fully saturated rings. The van der Waals surface area contributed by atoms with Crippen molar-refractivity contribution in [3.8, 4) is 0 Å². The molecular formula is C62H94O6. The van der Waals surface area contributed by atoms with E-state index >= 15 is 0 Å². The summed E-state index contributed by atoms with van der Waals surface area (Å²) in [5.41, 5.74) is 0. The third-order valence-electron chi connectivity index (χ3n) is 10.3. The molecule has 0 aromatic carbocycles. The summed E-state index contributed by atoms with van der Waals surface area (Å²) in [6, 6.07) is 0. The van der Waals surface area contributed by atoms with Crippen LogP contribution in [0.1, 0.15) is 194 Å². The Kier molecular flexibility index (Phi) is 50.6. The van der Waals surface area contributed by atoms with Gasteiger partial charge in [-0.2, -0.15) is 0 Å². The molecule has 0 aliphatic rings. The Hall–Kier alpha value is -4.97. The first-order valence-corrected chi connectivity index (χ1v) is 26.5. The van der Waals surface area contributed by atoms with Crippen LogP contribution in [0.2, 0.25) is 0 Å². The van der Waals surface area contributed by atoms with Crippen molar-refractivity contribution in [1.82, 2.24) is 0 Å². The van der Waals surface area contributed by atoms with E-state index in [-0.39, 0.29) is 44.0 Å². The molecular weight excluding hydrogens is 841 g/mol. The second kappa shape index (κ2) is 54.6. The molecule has 0 amide bonds. The van der Waals surface area contributed by atoms with Gasteiger partial charge in [-0.15, -0.1) is 0 Å². The first kappa shape index (κ1) is 63.0. The number of carbonyl (C=O) groups is 3. The highest BCUT2D eigenvalue weighted by molar-refractivity contribution is 5.71. The maximum Gasteiger partial charge on any atom is 0.306 e. The number of unbranched alkanes of at least 4 members (excludes halogenated alkanes) is 8. The Balaban J connectivity index is 4.60. The van der Waals surface area contributed by atoms with Gasteiger partial charge in [-0.05, 0) is 128 Å². The molecule has 0 aliphatic heterocycles. The number of allylic oxidation sites excluding steroid dienone is 26. The van der Waals surface area contributed by atoms with Crippen molar-refractivity contribution in [3.63, 3.8) is 0 Å². The summed E-state index contributed by atoms with van der Waals surface area (Å²) in [4.78, 5) is 38.0. The minimum Gasteiger partial charge on any atom is -0.462 e. The molecule has 0 rings (SSSR count). The van der Waals surface area contributed by atoms with Crippen molar-refractivity contribution in [2.45, 2.75) is 200 Å². The van der Waals surface area contributed by atoms with Crippen molar-refractivity contribution >= 4 is 17.9 Å². The highest BCUT2D eigenvalue weighted by atomic mass is 16.6. The van der Waals surface area contributed by atoms with E-state index in [1.165, 1.54) is 0 Å². The maximum absolute atomic E-state index is 12.8. The van der Waals surface area contributed by atoms with Gasteiger partial charge in [0.2, 0.25) is 0 Å². The lowest BCUT2D eigenvalue weighted by Gasteiger charge is -2.18. The number of hydrogen-bond acceptors (Lipinski definition) is 6. The minimum atomic E-state index is -0.840. The summed E-state index contributed by atoms with van der Waals surface area (Å²) in [7, 11) is 0. The predicted molar refractivity (Wildman–Crippen MR) is 292 cm³/mol. The molecule has 0 radical (unpaired) electrons. The highest BCUT2D eigenvalue weighted by Gasteiger charge is 2.19. The first-order chi connectivity index (χ1) is 33.5. The summed E-state index contributed by atoms with van der Waals surface area (Å²) in [5, 5.41) is 0. The molecule has 0 N–H and O–H groups in total. The Morgan fingerprint density at radius 3 is 0.926 bits per heavy atom. The van der Waals surface area contributed by atoms with E-state index in [0.717, 1.165) is 141 Å². The number of hydrogen-bond donors (Lipinski definition) is 0. The van der Waals surface area contributed by atoms with Crippen molar-refractivity contribution in [2.75, 3.05) is 13.2 Å². The molecule has 0 aromatic rings. The van der Waals surface area contributed by atoms with E-state index in [1.54, 1.807) is 0 Å². The van der Waals surface area contributed by atoms with Gasteiger partial charge < -0.3 is 14.2 Å². The molecule has 0 saturated carbocycles. The van der Waals surface area contributed by atoms with Gasteiger partial charge in [-0.1, -0.05) is 204 Å². The van der Waals surface area contributed by atoms with Crippen LogP contribution >= 0.6 is 0 Å². The van der Waals surface area contributed by atoms with Crippen LogP contribution in [-0.2, 0) is 28.6 Å². The molecule has 0 heterocycles. The molecule has 1 atom stereocenters. The van der Waals surface area contributed by atoms with Crippen molar-refractivity contribution < 1.29 is 28.6 Å². The van der Waals surface area contributed by atoms with Crippen molar-refractivity contribution in [3.05, 3.63) is 158 Å². The van der Waals surface area contributed by atoms with E-state index in [4.69, 9.17) is 14.2 Å². The first-order valence-electron chi connectivity index (χ1n) is 26.5. The standard InChI is InChI=1S/C62H94O6/c1-4-7-10-13-16-19-22-25-27-29-31-33-35-37-40-43-46-49-52-55-61(64)67-58-59(57-66-60(63)54-51-48-45-42-39-24-21-18-15-12-9-6-3)68-62(65)56-53-50-47-44-41-38-36-34-32-30-28-26-23-20-17-14-11-8-5-2/h7-12,16-21,25-28,31-34,37-38,40-41,46,49,59H,4-6,13-15,22-24,29-30,35-36,39,42-45,47-48,50-58H2,1-3H3/b10-7-,11-8-,12-9-,19-16-,20-17-,21-18-,27-25-,28-26-,33-31-,34-32-,40-37-,41-38-,49-46-. The van der Waals surface area contributed by atoms with Crippen LogP contribution in [0.3, 0.4) is 0 Å². The largest absolute Gasteiger partial charge is 0.462 e. The predicted octanol–water partition coefficient (Wildman–Crippen LogP) is 17.8. The zero-order valence-corrected chi connectivity index (χ0v) is 43.0. The third kappa shape index (κ3) is 52.0. The average Bonchev–Trinajstić information content (AvgIpc) is 3.34. The number of esters is 3. The molecule has 378 valence electrons. The van der Waals surface area contributed by atoms with E-state index in [1.807, 2.05) is 12.2 Å². The van der Waals surface area contributed by atoms with Crippen LogP contribution in [0, 0.1) is 0 Å². The van der Waals surface area contributed by atoms with Crippen LogP contribution in [0.15, 0.2) is 158 Å². The highest BCUT2D eigenvalue weighted by Crippen LogP contribution is 2.11. The number of ether oxygens (including phenoxy) is 3. The molecule has 0 bridgehead atoms. The van der Waals surface area contributed by atoms with Gasteiger partial charge in [-0.3, -0.25) is 14.4 Å². The van der Waals surface area contributed by atoms with Crippen LogP contribution < -0.4 is 0 Å². The molecule has 1 unspecified atom stereocenters. The fraction of sp³-hybridized carbons (Fsp3) is 0.532. The van der Waals surface area contributed by atoms with Crippen LogP contribution in [0.4, 0.5) is 0 Å². The Morgan fingerprint density at radius 1 is 0.294 bits per heavy atom. The topological polar surface area (TPSA) is 78.9 Å². The normalized spacial score (nSPS) is 13.4. The van der Waals surface area contributed by atoms with E-state index in [2.05, 4.69) is 167 Å². The maximum atomic E-state index is 12.8.